The van der Waals surface area contributed by atoms with Gasteiger partial charge in [0.05, 0.1) is 24.0 Å². The van der Waals surface area contributed by atoms with E-state index in [9.17, 15) is 14.4 Å². The summed E-state index contributed by atoms with van der Waals surface area (Å²) in [5, 5.41) is 14.7. The van der Waals surface area contributed by atoms with Crippen molar-refractivity contribution in [3.8, 4) is 0 Å². The van der Waals surface area contributed by atoms with Crippen molar-refractivity contribution in [2.45, 2.75) is 38.5 Å². The minimum Gasteiger partial charge on any atom is -0.462 e. The van der Waals surface area contributed by atoms with Crippen molar-refractivity contribution in [2.24, 2.45) is 0 Å². The van der Waals surface area contributed by atoms with Crippen LogP contribution in [0.2, 0.25) is 0 Å². The maximum atomic E-state index is 12.5. The first-order valence-electron chi connectivity index (χ1n) is 10.9. The molecular weight excluding hydrogens is 454 g/mol. The van der Waals surface area contributed by atoms with Crippen molar-refractivity contribution in [2.75, 3.05) is 17.7 Å². The van der Waals surface area contributed by atoms with Crippen molar-refractivity contribution in [3.05, 3.63) is 71.5 Å². The topological polar surface area (TPSA) is 115 Å². The summed E-state index contributed by atoms with van der Waals surface area (Å²) in [6.07, 6.45) is 0. The van der Waals surface area contributed by atoms with Crippen LogP contribution in [0.4, 0.5) is 5.69 Å². The van der Waals surface area contributed by atoms with Crippen molar-refractivity contribution >= 4 is 35.2 Å². The number of esters is 1. The third kappa shape index (κ3) is 6.44. The number of nitrogens with zero attached hydrogens (tertiary/aromatic N) is 3. The van der Waals surface area contributed by atoms with Crippen molar-refractivity contribution in [1.82, 2.24) is 20.1 Å². The van der Waals surface area contributed by atoms with Gasteiger partial charge in [0, 0.05) is 17.8 Å². The number of hydrogen-bond acceptors (Lipinski definition) is 7. The molecule has 1 atom stereocenters. The maximum Gasteiger partial charge on any atom is 0.338 e. The normalized spacial score (nSPS) is 11.5. The molecule has 1 aromatic heterocycles. The fraction of sp³-hybridized carbons (Fsp3) is 0.292. The molecule has 3 aromatic rings. The Morgan fingerprint density at radius 1 is 1.03 bits per heavy atom. The Labute approximate surface area is 202 Å². The third-order valence-corrected chi connectivity index (χ3v) is 5.79. The molecule has 2 N–H and O–H groups in total. The minimum atomic E-state index is -0.440. The first-order chi connectivity index (χ1) is 16.4. The van der Waals surface area contributed by atoms with Gasteiger partial charge in [-0.1, -0.05) is 36.0 Å². The minimum absolute atomic E-state index is 0.104. The lowest BCUT2D eigenvalue weighted by Crippen LogP contribution is -2.28. The molecule has 0 saturated carbocycles. The Bertz CT molecular complexity index is 1150. The highest BCUT2D eigenvalue weighted by Crippen LogP contribution is 2.21. The standard InChI is InChI=1S/C24H27N5O4S/c1-4-29-21(16(3)25-22(31)17-10-7-6-8-11-17)27-28-24(29)34-15-20(30)26-19-13-9-12-18(14-19)23(32)33-5-2/h6-14,16H,4-5,15H2,1-3H3,(H,25,31)(H,26,30)/t16-/m0/s1. The van der Waals surface area contributed by atoms with E-state index in [0.717, 1.165) is 0 Å². The average molecular weight is 482 g/mol. The lowest BCUT2D eigenvalue weighted by Gasteiger charge is -2.15. The predicted octanol–water partition coefficient (Wildman–Crippen LogP) is 3.70. The SMILES string of the molecule is CCOC(=O)c1cccc(NC(=O)CSc2nnc([C@H](C)NC(=O)c3ccccc3)n2CC)c1. The molecule has 34 heavy (non-hydrogen) atoms. The van der Waals surface area contributed by atoms with Crippen LogP contribution in [0.5, 0.6) is 0 Å². The van der Waals surface area contributed by atoms with Crippen LogP contribution in [-0.2, 0) is 16.1 Å². The van der Waals surface area contributed by atoms with E-state index in [0.29, 0.717) is 34.3 Å². The molecule has 0 bridgehead atoms. The van der Waals surface area contributed by atoms with Crippen LogP contribution in [0, 0.1) is 0 Å². The molecule has 10 heteroatoms. The highest BCUT2D eigenvalue weighted by Gasteiger charge is 2.20. The van der Waals surface area contributed by atoms with Gasteiger partial charge in [0.1, 0.15) is 0 Å². The zero-order valence-corrected chi connectivity index (χ0v) is 20.1. The highest BCUT2D eigenvalue weighted by molar-refractivity contribution is 7.99. The maximum absolute atomic E-state index is 12.5. The van der Waals surface area contributed by atoms with Crippen LogP contribution in [0.3, 0.4) is 0 Å². The number of ether oxygens (including phenoxy) is 1. The lowest BCUT2D eigenvalue weighted by atomic mass is 10.2. The molecule has 0 unspecified atom stereocenters. The molecule has 0 aliphatic rings. The zero-order chi connectivity index (χ0) is 24.5. The molecule has 2 amide bonds. The first-order valence-corrected chi connectivity index (χ1v) is 11.9. The number of carbonyl (C=O) groups is 3. The lowest BCUT2D eigenvalue weighted by molar-refractivity contribution is -0.113. The number of hydrogen-bond donors (Lipinski definition) is 2. The molecule has 0 fully saturated rings. The van der Waals surface area contributed by atoms with Gasteiger partial charge in [-0.2, -0.15) is 0 Å². The van der Waals surface area contributed by atoms with Crippen molar-refractivity contribution in [3.63, 3.8) is 0 Å². The van der Waals surface area contributed by atoms with Gasteiger partial charge in [-0.15, -0.1) is 10.2 Å². The summed E-state index contributed by atoms with van der Waals surface area (Å²) < 4.78 is 6.86. The van der Waals surface area contributed by atoms with Gasteiger partial charge in [0.25, 0.3) is 5.91 Å². The first kappa shape index (κ1) is 25.0. The molecule has 3 rings (SSSR count). The molecule has 1 heterocycles. The van der Waals surface area contributed by atoms with Gasteiger partial charge < -0.3 is 19.9 Å². The molecule has 0 spiro atoms. The van der Waals surface area contributed by atoms with E-state index >= 15 is 0 Å². The molecular formula is C24H27N5O4S. The zero-order valence-electron chi connectivity index (χ0n) is 19.3. The largest absolute Gasteiger partial charge is 0.462 e. The quantitative estimate of drug-likeness (QED) is 0.335. The summed E-state index contributed by atoms with van der Waals surface area (Å²) >= 11 is 1.24. The van der Waals surface area contributed by atoms with Gasteiger partial charge in [-0.25, -0.2) is 4.79 Å². The van der Waals surface area contributed by atoms with Crippen molar-refractivity contribution < 1.29 is 19.1 Å². The van der Waals surface area contributed by atoms with E-state index in [4.69, 9.17) is 4.74 Å². The van der Waals surface area contributed by atoms with E-state index in [1.54, 1.807) is 55.5 Å². The Morgan fingerprint density at radius 2 is 1.76 bits per heavy atom. The van der Waals surface area contributed by atoms with Crippen LogP contribution < -0.4 is 10.6 Å². The Morgan fingerprint density at radius 3 is 2.47 bits per heavy atom. The van der Waals surface area contributed by atoms with E-state index in [2.05, 4.69) is 20.8 Å². The number of carbonyl (C=O) groups excluding carboxylic acids is 3. The van der Waals surface area contributed by atoms with Crippen LogP contribution in [0.1, 0.15) is 53.4 Å². The van der Waals surface area contributed by atoms with Gasteiger partial charge in [0.2, 0.25) is 5.91 Å². The molecule has 178 valence electrons. The van der Waals surface area contributed by atoms with Gasteiger partial charge in [0.15, 0.2) is 11.0 Å². The summed E-state index contributed by atoms with van der Waals surface area (Å²) in [6.45, 7) is 6.39. The summed E-state index contributed by atoms with van der Waals surface area (Å²) in [5.74, 6) is -0.171. The number of aromatic nitrogens is 3. The van der Waals surface area contributed by atoms with Crippen LogP contribution >= 0.6 is 11.8 Å². The Balaban J connectivity index is 1.60. The van der Waals surface area contributed by atoms with Crippen LogP contribution in [-0.4, -0.2) is 44.9 Å². The number of nitrogens with one attached hydrogen (secondary N) is 2. The highest BCUT2D eigenvalue weighted by atomic mass is 32.2. The number of benzene rings is 2. The number of rotatable bonds is 10. The second-order valence-electron chi connectivity index (χ2n) is 7.28. The fourth-order valence-corrected chi connectivity index (χ4v) is 4.03. The summed E-state index contributed by atoms with van der Waals surface area (Å²) in [7, 11) is 0. The number of thioether (sulfide) groups is 1. The van der Waals surface area contributed by atoms with Crippen LogP contribution in [0.15, 0.2) is 59.8 Å². The van der Waals surface area contributed by atoms with Gasteiger partial charge in [-0.05, 0) is 51.1 Å². The average Bonchev–Trinajstić information content (AvgIpc) is 3.26. The molecule has 0 radical (unpaired) electrons. The summed E-state index contributed by atoms with van der Waals surface area (Å²) in [6, 6.07) is 15.2. The molecule has 2 aromatic carbocycles. The van der Waals surface area contributed by atoms with E-state index < -0.39 is 5.97 Å². The van der Waals surface area contributed by atoms with E-state index in [-0.39, 0.29) is 30.2 Å². The van der Waals surface area contributed by atoms with Crippen molar-refractivity contribution in [1.29, 1.82) is 0 Å². The van der Waals surface area contributed by atoms with E-state index in [1.807, 2.05) is 24.5 Å². The Kier molecular flexibility index (Phi) is 8.80. The van der Waals surface area contributed by atoms with Gasteiger partial charge in [-0.3, -0.25) is 9.59 Å². The predicted molar refractivity (Wildman–Crippen MR) is 130 cm³/mol. The smallest absolute Gasteiger partial charge is 0.338 e. The molecule has 0 aliphatic heterocycles. The second kappa shape index (κ2) is 12.0. The third-order valence-electron chi connectivity index (χ3n) is 4.82. The fourth-order valence-electron chi connectivity index (χ4n) is 3.22. The monoisotopic (exact) mass is 481 g/mol. The molecule has 0 saturated heterocycles. The summed E-state index contributed by atoms with van der Waals surface area (Å²) in [5.41, 5.74) is 1.44. The summed E-state index contributed by atoms with van der Waals surface area (Å²) in [4.78, 5) is 36.8. The number of anilines is 1. The van der Waals surface area contributed by atoms with Gasteiger partial charge >= 0.3 is 5.97 Å². The van der Waals surface area contributed by atoms with E-state index in [1.165, 1.54) is 11.8 Å². The Hall–Kier alpha value is -3.66. The number of amides is 2. The second-order valence-corrected chi connectivity index (χ2v) is 8.23. The van der Waals surface area contributed by atoms with Crippen LogP contribution in [0.25, 0.3) is 0 Å². The molecule has 0 aliphatic carbocycles. The molecule has 9 nitrogen and oxygen atoms in total.